The number of halogens is 1. The SMILES string of the molecule is CN=C(NCc1ncc(C(C)(C)C)o1)NCC(C)(C)N1CCc2ccccc2C1.I. The van der Waals surface area contributed by atoms with E-state index < -0.39 is 0 Å². The summed E-state index contributed by atoms with van der Waals surface area (Å²) in [6.45, 7) is 14.3. The number of nitrogens with one attached hydrogen (secondary N) is 2. The van der Waals surface area contributed by atoms with E-state index in [1.54, 1.807) is 7.05 Å². The summed E-state index contributed by atoms with van der Waals surface area (Å²) in [5.41, 5.74) is 2.88. The van der Waals surface area contributed by atoms with Crippen molar-refractivity contribution < 1.29 is 4.42 Å². The number of guanidine groups is 1. The van der Waals surface area contributed by atoms with Crippen LogP contribution in [-0.2, 0) is 24.9 Å². The molecule has 0 atom stereocenters. The Kier molecular flexibility index (Phi) is 8.33. The van der Waals surface area contributed by atoms with Gasteiger partial charge in [0.15, 0.2) is 5.96 Å². The van der Waals surface area contributed by atoms with Crippen LogP contribution in [0.25, 0.3) is 0 Å². The first kappa shape index (κ1) is 24.7. The number of rotatable bonds is 5. The molecule has 0 saturated carbocycles. The minimum atomic E-state index is -0.0394. The average molecular weight is 525 g/mol. The number of benzene rings is 1. The van der Waals surface area contributed by atoms with Gasteiger partial charge < -0.3 is 15.1 Å². The smallest absolute Gasteiger partial charge is 0.213 e. The van der Waals surface area contributed by atoms with E-state index in [4.69, 9.17) is 4.42 Å². The van der Waals surface area contributed by atoms with E-state index in [2.05, 4.69) is 84.4 Å². The molecule has 0 saturated heterocycles. The molecule has 1 aliphatic rings. The highest BCUT2D eigenvalue weighted by Gasteiger charge is 2.29. The van der Waals surface area contributed by atoms with Crippen LogP contribution in [-0.4, -0.2) is 41.5 Å². The van der Waals surface area contributed by atoms with Gasteiger partial charge in [-0.25, -0.2) is 4.98 Å². The zero-order chi connectivity index (χ0) is 21.1. The largest absolute Gasteiger partial charge is 0.443 e. The lowest BCUT2D eigenvalue weighted by Crippen LogP contribution is -2.54. The van der Waals surface area contributed by atoms with Gasteiger partial charge in [0.2, 0.25) is 5.89 Å². The van der Waals surface area contributed by atoms with Crippen LogP contribution in [0.5, 0.6) is 0 Å². The van der Waals surface area contributed by atoms with Crippen molar-refractivity contribution in [2.75, 3.05) is 20.1 Å². The molecule has 1 aromatic heterocycles. The van der Waals surface area contributed by atoms with Crippen molar-refractivity contribution in [2.45, 2.75) is 65.1 Å². The average Bonchev–Trinajstić information content (AvgIpc) is 3.17. The fourth-order valence-electron chi connectivity index (χ4n) is 3.54. The maximum atomic E-state index is 5.85. The maximum absolute atomic E-state index is 5.85. The minimum Gasteiger partial charge on any atom is -0.443 e. The van der Waals surface area contributed by atoms with E-state index in [0.29, 0.717) is 12.4 Å². The van der Waals surface area contributed by atoms with Crippen molar-refractivity contribution in [1.29, 1.82) is 0 Å². The van der Waals surface area contributed by atoms with E-state index in [1.807, 2.05) is 6.20 Å². The molecule has 0 spiro atoms. The van der Waals surface area contributed by atoms with Gasteiger partial charge in [-0.15, -0.1) is 24.0 Å². The number of hydrogen-bond donors (Lipinski definition) is 2. The standard InChI is InChI=1S/C23H35N5O.HI/c1-22(2,3)19-13-25-20(29-19)14-26-21(24-6)27-16-23(4,5)28-12-11-17-9-7-8-10-18(17)15-28;/h7-10,13H,11-12,14-16H2,1-6H3,(H2,24,26,27);1H. The molecule has 1 aliphatic heterocycles. The Labute approximate surface area is 198 Å². The molecule has 2 heterocycles. The first-order valence-corrected chi connectivity index (χ1v) is 10.4. The predicted octanol–water partition coefficient (Wildman–Crippen LogP) is 4.09. The molecule has 0 bridgehead atoms. The summed E-state index contributed by atoms with van der Waals surface area (Å²) in [6, 6.07) is 8.76. The minimum absolute atomic E-state index is 0. The Hall–Kier alpha value is -1.61. The van der Waals surface area contributed by atoms with Crippen molar-refractivity contribution in [1.82, 2.24) is 20.5 Å². The van der Waals surface area contributed by atoms with E-state index in [0.717, 1.165) is 37.8 Å². The van der Waals surface area contributed by atoms with Crippen LogP contribution in [0.4, 0.5) is 0 Å². The predicted molar refractivity (Wildman–Crippen MR) is 133 cm³/mol. The third kappa shape index (κ3) is 6.20. The number of hydrogen-bond acceptors (Lipinski definition) is 4. The Morgan fingerprint density at radius 1 is 1.13 bits per heavy atom. The summed E-state index contributed by atoms with van der Waals surface area (Å²) in [6.07, 6.45) is 2.91. The van der Waals surface area contributed by atoms with Crippen molar-refractivity contribution in [3.8, 4) is 0 Å². The van der Waals surface area contributed by atoms with E-state index in [9.17, 15) is 0 Å². The maximum Gasteiger partial charge on any atom is 0.213 e. The fraction of sp³-hybridized carbons (Fsp3) is 0.565. The normalized spacial score (nSPS) is 15.3. The van der Waals surface area contributed by atoms with Gasteiger partial charge in [0, 0.05) is 37.6 Å². The van der Waals surface area contributed by atoms with Gasteiger partial charge in [0.25, 0.3) is 0 Å². The molecule has 0 amide bonds. The highest BCUT2D eigenvalue weighted by molar-refractivity contribution is 14.0. The molecule has 0 radical (unpaired) electrons. The summed E-state index contributed by atoms with van der Waals surface area (Å²) >= 11 is 0. The van der Waals surface area contributed by atoms with Gasteiger partial charge in [-0.3, -0.25) is 9.89 Å². The van der Waals surface area contributed by atoms with Gasteiger partial charge in [-0.1, -0.05) is 45.0 Å². The molecule has 0 fully saturated rings. The lowest BCUT2D eigenvalue weighted by atomic mass is 9.94. The third-order valence-electron chi connectivity index (χ3n) is 5.60. The van der Waals surface area contributed by atoms with E-state index >= 15 is 0 Å². The second-order valence-corrected chi connectivity index (χ2v) is 9.40. The number of aromatic nitrogens is 1. The van der Waals surface area contributed by atoms with E-state index in [1.165, 1.54) is 11.1 Å². The molecule has 0 aliphatic carbocycles. The van der Waals surface area contributed by atoms with Crippen LogP contribution >= 0.6 is 24.0 Å². The second kappa shape index (κ2) is 10.1. The van der Waals surface area contributed by atoms with Gasteiger partial charge in [0.1, 0.15) is 5.76 Å². The first-order chi connectivity index (χ1) is 13.7. The molecule has 6 nitrogen and oxygen atoms in total. The highest BCUT2D eigenvalue weighted by atomic mass is 127. The van der Waals surface area contributed by atoms with Crippen molar-refractivity contribution in [3.05, 3.63) is 53.2 Å². The Morgan fingerprint density at radius 2 is 1.83 bits per heavy atom. The number of nitrogens with zero attached hydrogens (tertiary/aromatic N) is 3. The molecule has 7 heteroatoms. The van der Waals surface area contributed by atoms with Crippen LogP contribution in [0.1, 0.15) is 57.4 Å². The number of aliphatic imine (C=N–C) groups is 1. The molecular formula is C23H36IN5O. The Balaban J connectivity index is 0.00000320. The molecule has 166 valence electrons. The zero-order valence-corrected chi connectivity index (χ0v) is 21.4. The van der Waals surface area contributed by atoms with Crippen LogP contribution < -0.4 is 10.6 Å². The number of fused-ring (bicyclic) bond motifs is 1. The van der Waals surface area contributed by atoms with Gasteiger partial charge in [0.05, 0.1) is 12.7 Å². The van der Waals surface area contributed by atoms with Gasteiger partial charge in [-0.2, -0.15) is 0 Å². The van der Waals surface area contributed by atoms with Crippen molar-refractivity contribution in [2.24, 2.45) is 4.99 Å². The molecule has 1 aromatic carbocycles. The lowest BCUT2D eigenvalue weighted by molar-refractivity contribution is 0.107. The van der Waals surface area contributed by atoms with Crippen LogP contribution in [0.15, 0.2) is 39.9 Å². The van der Waals surface area contributed by atoms with Crippen LogP contribution in [0.2, 0.25) is 0 Å². The summed E-state index contributed by atoms with van der Waals surface area (Å²) in [5, 5.41) is 6.77. The van der Waals surface area contributed by atoms with Crippen molar-refractivity contribution >= 4 is 29.9 Å². The molecule has 2 N–H and O–H groups in total. The van der Waals surface area contributed by atoms with E-state index in [-0.39, 0.29) is 34.9 Å². The highest BCUT2D eigenvalue weighted by Crippen LogP contribution is 2.25. The first-order valence-electron chi connectivity index (χ1n) is 10.4. The zero-order valence-electron chi connectivity index (χ0n) is 19.1. The molecule has 30 heavy (non-hydrogen) atoms. The Bertz CT molecular complexity index is 853. The summed E-state index contributed by atoms with van der Waals surface area (Å²) < 4.78 is 5.85. The lowest BCUT2D eigenvalue weighted by Gasteiger charge is -2.42. The van der Waals surface area contributed by atoms with Crippen LogP contribution in [0.3, 0.4) is 0 Å². The summed E-state index contributed by atoms with van der Waals surface area (Å²) in [4.78, 5) is 11.3. The van der Waals surface area contributed by atoms with Crippen LogP contribution in [0, 0.1) is 0 Å². The quantitative estimate of drug-likeness (QED) is 0.350. The van der Waals surface area contributed by atoms with Gasteiger partial charge in [-0.05, 0) is 31.4 Å². The summed E-state index contributed by atoms with van der Waals surface area (Å²) in [7, 11) is 1.79. The monoisotopic (exact) mass is 525 g/mol. The molecule has 2 aromatic rings. The van der Waals surface area contributed by atoms with Crippen molar-refractivity contribution in [3.63, 3.8) is 0 Å². The fourth-order valence-corrected chi connectivity index (χ4v) is 3.54. The Morgan fingerprint density at radius 3 is 2.47 bits per heavy atom. The molecule has 3 rings (SSSR count). The third-order valence-corrected chi connectivity index (χ3v) is 5.60. The molecule has 0 unspecified atom stereocenters. The topological polar surface area (TPSA) is 65.7 Å². The summed E-state index contributed by atoms with van der Waals surface area (Å²) in [5.74, 6) is 2.32. The number of oxazole rings is 1. The second-order valence-electron chi connectivity index (χ2n) is 9.40. The molecular weight excluding hydrogens is 489 g/mol. The van der Waals surface area contributed by atoms with Gasteiger partial charge >= 0.3 is 0 Å².